The highest BCUT2D eigenvalue weighted by molar-refractivity contribution is 7.99. The topological polar surface area (TPSA) is 15.3 Å². The fourth-order valence-electron chi connectivity index (χ4n) is 2.32. The predicted octanol–water partition coefficient (Wildman–Crippen LogP) is 1.18. The third-order valence-corrected chi connectivity index (χ3v) is 4.20. The second-order valence-electron chi connectivity index (χ2n) is 4.18. The van der Waals surface area contributed by atoms with Gasteiger partial charge in [-0.15, -0.1) is 0 Å². The van der Waals surface area contributed by atoms with Crippen LogP contribution < -0.4 is 5.32 Å². The van der Waals surface area contributed by atoms with Crippen molar-refractivity contribution in [2.75, 3.05) is 31.9 Å². The first kappa shape index (κ1) is 9.81. The van der Waals surface area contributed by atoms with Crippen LogP contribution in [-0.4, -0.2) is 48.1 Å². The molecular formula is C10H20N2S. The van der Waals surface area contributed by atoms with Crippen LogP contribution in [-0.2, 0) is 0 Å². The zero-order chi connectivity index (χ0) is 9.10. The van der Waals surface area contributed by atoms with Crippen LogP contribution in [0.5, 0.6) is 0 Å². The average Bonchev–Trinajstić information content (AvgIpc) is 2.19. The summed E-state index contributed by atoms with van der Waals surface area (Å²) in [5, 5.41) is 4.34. The smallest absolute Gasteiger partial charge is 0.0221 e. The summed E-state index contributed by atoms with van der Waals surface area (Å²) in [7, 11) is 0. The molecule has 1 N–H and O–H groups in total. The minimum atomic E-state index is 0.831. The maximum Gasteiger partial charge on any atom is 0.0221 e. The molecule has 2 fully saturated rings. The van der Waals surface area contributed by atoms with Crippen LogP contribution in [0.25, 0.3) is 0 Å². The molecule has 2 aliphatic heterocycles. The molecule has 0 spiro atoms. The van der Waals surface area contributed by atoms with Crippen LogP contribution in [0.1, 0.15) is 19.8 Å². The maximum absolute atomic E-state index is 3.50. The van der Waals surface area contributed by atoms with E-state index in [0.29, 0.717) is 0 Å². The Bertz CT molecular complexity index is 157. The van der Waals surface area contributed by atoms with Gasteiger partial charge in [-0.05, 0) is 19.4 Å². The van der Waals surface area contributed by atoms with Crippen LogP contribution in [0.15, 0.2) is 0 Å². The van der Waals surface area contributed by atoms with Crippen LogP contribution >= 0.6 is 11.8 Å². The standard InChI is InChI=1S/C10H20N2S/c1-9-8-12(5-6-13-9)10-3-2-4-11-7-10/h9-11H,2-8H2,1H3. The molecule has 13 heavy (non-hydrogen) atoms. The molecule has 0 bridgehead atoms. The van der Waals surface area contributed by atoms with Gasteiger partial charge in [-0.2, -0.15) is 11.8 Å². The van der Waals surface area contributed by atoms with Gasteiger partial charge in [0, 0.05) is 36.7 Å². The molecule has 0 radical (unpaired) electrons. The summed E-state index contributed by atoms with van der Waals surface area (Å²) in [6.07, 6.45) is 2.77. The van der Waals surface area contributed by atoms with Crippen molar-refractivity contribution in [2.45, 2.75) is 31.1 Å². The molecule has 2 heterocycles. The minimum Gasteiger partial charge on any atom is -0.315 e. The van der Waals surface area contributed by atoms with Gasteiger partial charge in [-0.1, -0.05) is 6.92 Å². The number of hydrogen-bond acceptors (Lipinski definition) is 3. The number of nitrogens with one attached hydrogen (secondary N) is 1. The Morgan fingerprint density at radius 2 is 2.38 bits per heavy atom. The van der Waals surface area contributed by atoms with E-state index in [0.717, 1.165) is 11.3 Å². The normalized spacial score (nSPS) is 37.6. The van der Waals surface area contributed by atoms with Crippen molar-refractivity contribution in [3.05, 3.63) is 0 Å². The second-order valence-corrected chi connectivity index (χ2v) is 5.72. The molecule has 0 aromatic rings. The lowest BCUT2D eigenvalue weighted by molar-refractivity contribution is 0.173. The van der Waals surface area contributed by atoms with Crippen molar-refractivity contribution in [2.24, 2.45) is 0 Å². The summed E-state index contributed by atoms with van der Waals surface area (Å²) in [4.78, 5) is 2.69. The molecule has 2 atom stereocenters. The Hall–Kier alpha value is 0.270. The molecule has 2 unspecified atom stereocenters. The van der Waals surface area contributed by atoms with Crippen molar-refractivity contribution in [3.63, 3.8) is 0 Å². The number of rotatable bonds is 1. The summed E-state index contributed by atoms with van der Waals surface area (Å²) in [5.74, 6) is 1.33. The molecule has 2 rings (SSSR count). The van der Waals surface area contributed by atoms with E-state index >= 15 is 0 Å². The Balaban J connectivity index is 1.83. The van der Waals surface area contributed by atoms with Gasteiger partial charge in [0.15, 0.2) is 0 Å². The van der Waals surface area contributed by atoms with Gasteiger partial charge in [-0.25, -0.2) is 0 Å². The Kier molecular flexibility index (Phi) is 3.52. The predicted molar refractivity (Wildman–Crippen MR) is 59.4 cm³/mol. The molecule has 2 saturated heterocycles. The Morgan fingerprint density at radius 1 is 1.46 bits per heavy atom. The van der Waals surface area contributed by atoms with Crippen LogP contribution in [0.4, 0.5) is 0 Å². The van der Waals surface area contributed by atoms with E-state index in [1.54, 1.807) is 0 Å². The number of thioether (sulfide) groups is 1. The molecule has 2 aliphatic rings. The zero-order valence-electron chi connectivity index (χ0n) is 8.46. The van der Waals surface area contributed by atoms with E-state index in [1.165, 1.54) is 44.8 Å². The SMILES string of the molecule is CC1CN(C2CCCNC2)CCS1. The van der Waals surface area contributed by atoms with E-state index < -0.39 is 0 Å². The molecule has 76 valence electrons. The minimum absolute atomic E-state index is 0.831. The van der Waals surface area contributed by atoms with Crippen LogP contribution in [0.2, 0.25) is 0 Å². The van der Waals surface area contributed by atoms with Gasteiger partial charge >= 0.3 is 0 Å². The van der Waals surface area contributed by atoms with E-state index in [2.05, 4.69) is 28.9 Å². The van der Waals surface area contributed by atoms with Crippen LogP contribution in [0, 0.1) is 0 Å². The molecular weight excluding hydrogens is 180 g/mol. The average molecular weight is 200 g/mol. The van der Waals surface area contributed by atoms with Crippen LogP contribution in [0.3, 0.4) is 0 Å². The fraction of sp³-hybridized carbons (Fsp3) is 1.00. The molecule has 0 saturated carbocycles. The molecule has 0 aromatic heterocycles. The fourth-order valence-corrected chi connectivity index (χ4v) is 3.36. The van der Waals surface area contributed by atoms with Gasteiger partial charge < -0.3 is 5.32 Å². The lowest BCUT2D eigenvalue weighted by Crippen LogP contribution is -2.50. The van der Waals surface area contributed by atoms with Gasteiger partial charge in [0.1, 0.15) is 0 Å². The molecule has 0 aliphatic carbocycles. The summed E-state index contributed by atoms with van der Waals surface area (Å²) in [6, 6.07) is 0.831. The monoisotopic (exact) mass is 200 g/mol. The van der Waals surface area contributed by atoms with Crippen molar-refractivity contribution in [1.82, 2.24) is 10.2 Å². The van der Waals surface area contributed by atoms with Gasteiger partial charge in [0.05, 0.1) is 0 Å². The van der Waals surface area contributed by atoms with Gasteiger partial charge in [0.2, 0.25) is 0 Å². The zero-order valence-corrected chi connectivity index (χ0v) is 9.28. The lowest BCUT2D eigenvalue weighted by Gasteiger charge is -2.39. The second kappa shape index (κ2) is 4.67. The molecule has 0 amide bonds. The highest BCUT2D eigenvalue weighted by Crippen LogP contribution is 2.21. The van der Waals surface area contributed by atoms with E-state index in [-0.39, 0.29) is 0 Å². The largest absolute Gasteiger partial charge is 0.315 e. The molecule has 3 heteroatoms. The van der Waals surface area contributed by atoms with E-state index in [4.69, 9.17) is 0 Å². The highest BCUT2D eigenvalue weighted by Gasteiger charge is 2.24. The number of hydrogen-bond donors (Lipinski definition) is 1. The van der Waals surface area contributed by atoms with E-state index in [1.807, 2.05) is 0 Å². The first-order valence-electron chi connectivity index (χ1n) is 5.42. The third-order valence-electron chi connectivity index (χ3n) is 3.06. The first-order chi connectivity index (χ1) is 6.36. The van der Waals surface area contributed by atoms with Crippen molar-refractivity contribution >= 4 is 11.8 Å². The first-order valence-corrected chi connectivity index (χ1v) is 6.47. The summed E-state index contributed by atoms with van der Waals surface area (Å²) in [6.45, 7) is 7.41. The molecule has 0 aromatic carbocycles. The molecule has 2 nitrogen and oxygen atoms in total. The lowest BCUT2D eigenvalue weighted by atomic mass is 10.1. The van der Waals surface area contributed by atoms with Crippen molar-refractivity contribution in [3.8, 4) is 0 Å². The maximum atomic E-state index is 3.50. The van der Waals surface area contributed by atoms with Crippen molar-refractivity contribution < 1.29 is 0 Å². The number of piperidine rings is 1. The highest BCUT2D eigenvalue weighted by atomic mass is 32.2. The summed E-state index contributed by atoms with van der Waals surface area (Å²) >= 11 is 2.12. The quantitative estimate of drug-likeness (QED) is 0.684. The van der Waals surface area contributed by atoms with Gasteiger partial charge in [-0.3, -0.25) is 4.90 Å². The summed E-state index contributed by atoms with van der Waals surface area (Å²) < 4.78 is 0. The van der Waals surface area contributed by atoms with Crippen molar-refractivity contribution in [1.29, 1.82) is 0 Å². The third kappa shape index (κ3) is 2.61. The van der Waals surface area contributed by atoms with E-state index in [9.17, 15) is 0 Å². The van der Waals surface area contributed by atoms with Gasteiger partial charge in [0.25, 0.3) is 0 Å². The Morgan fingerprint density at radius 3 is 3.08 bits per heavy atom. The summed E-state index contributed by atoms with van der Waals surface area (Å²) in [5.41, 5.74) is 0. The number of nitrogens with zero attached hydrogens (tertiary/aromatic N) is 1. The Labute approximate surface area is 85.4 Å².